The first-order valence-corrected chi connectivity index (χ1v) is 8.11. The van der Waals surface area contributed by atoms with Gasteiger partial charge in [0.05, 0.1) is 28.3 Å². The summed E-state index contributed by atoms with van der Waals surface area (Å²) in [5, 5.41) is 7.54. The van der Waals surface area contributed by atoms with Crippen molar-refractivity contribution in [2.45, 2.75) is 44.8 Å². The van der Waals surface area contributed by atoms with Crippen molar-refractivity contribution in [3.63, 3.8) is 0 Å². The molecule has 1 aliphatic carbocycles. The lowest BCUT2D eigenvalue weighted by Gasteiger charge is -2.36. The van der Waals surface area contributed by atoms with E-state index < -0.39 is 12.1 Å². The molecule has 1 aromatic rings. The van der Waals surface area contributed by atoms with E-state index in [0.717, 1.165) is 23.1 Å². The third-order valence-electron chi connectivity index (χ3n) is 4.31. The van der Waals surface area contributed by atoms with Crippen LogP contribution in [-0.2, 0) is 7.05 Å². The Balaban J connectivity index is 2.22. The molecule has 3 nitrogen and oxygen atoms in total. The van der Waals surface area contributed by atoms with Gasteiger partial charge in [0.2, 0.25) is 0 Å². The van der Waals surface area contributed by atoms with Gasteiger partial charge >= 0.3 is 6.18 Å². The molecule has 0 bridgehead atoms. The number of aromatic nitrogens is 2. The number of halogens is 4. The Labute approximate surface area is 131 Å². The minimum Gasteiger partial charge on any atom is -0.309 e. The van der Waals surface area contributed by atoms with Crippen LogP contribution in [0.5, 0.6) is 0 Å². The van der Waals surface area contributed by atoms with Gasteiger partial charge in [0.25, 0.3) is 0 Å². The molecule has 1 heterocycles. The minimum absolute atomic E-state index is 0.0166. The summed E-state index contributed by atoms with van der Waals surface area (Å²) in [5.41, 5.74) is 0.935. The molecule has 0 saturated heterocycles. The molecule has 0 amide bonds. The predicted octanol–water partition coefficient (Wildman–Crippen LogP) is 4.20. The maximum absolute atomic E-state index is 13.0. The van der Waals surface area contributed by atoms with Crippen LogP contribution >= 0.6 is 15.9 Å². The minimum atomic E-state index is -4.08. The molecule has 21 heavy (non-hydrogen) atoms. The maximum atomic E-state index is 13.0. The molecule has 120 valence electrons. The predicted molar refractivity (Wildman–Crippen MR) is 78.8 cm³/mol. The molecule has 1 saturated carbocycles. The summed E-state index contributed by atoms with van der Waals surface area (Å²) in [5.74, 6) is -1.19. The zero-order valence-electron chi connectivity index (χ0n) is 12.3. The van der Waals surface area contributed by atoms with Crippen molar-refractivity contribution < 1.29 is 13.2 Å². The van der Waals surface area contributed by atoms with E-state index in [1.807, 2.05) is 14.0 Å². The van der Waals surface area contributed by atoms with Gasteiger partial charge in [-0.15, -0.1) is 0 Å². The van der Waals surface area contributed by atoms with Gasteiger partial charge in [-0.3, -0.25) is 4.68 Å². The van der Waals surface area contributed by atoms with Gasteiger partial charge in [-0.1, -0.05) is 13.3 Å². The number of nitrogens with one attached hydrogen (secondary N) is 1. The Morgan fingerprint density at radius 3 is 2.71 bits per heavy atom. The van der Waals surface area contributed by atoms with E-state index in [-0.39, 0.29) is 24.8 Å². The van der Waals surface area contributed by atoms with Gasteiger partial charge in [-0.2, -0.15) is 18.3 Å². The second kappa shape index (κ2) is 6.69. The van der Waals surface area contributed by atoms with Crippen LogP contribution in [0.4, 0.5) is 13.2 Å². The molecule has 1 N–H and O–H groups in total. The number of alkyl halides is 3. The monoisotopic (exact) mass is 367 g/mol. The first-order valence-electron chi connectivity index (χ1n) is 7.32. The summed E-state index contributed by atoms with van der Waals surface area (Å²) in [7, 11) is 1.83. The third kappa shape index (κ3) is 3.80. The van der Waals surface area contributed by atoms with Crippen molar-refractivity contribution in [1.29, 1.82) is 0 Å². The van der Waals surface area contributed by atoms with Gasteiger partial charge in [-0.25, -0.2) is 0 Å². The van der Waals surface area contributed by atoms with Crippen LogP contribution in [0.3, 0.4) is 0 Å². The molecule has 1 aromatic heterocycles. The second-order valence-electron chi connectivity index (χ2n) is 5.70. The number of rotatable bonds is 4. The van der Waals surface area contributed by atoms with E-state index >= 15 is 0 Å². The lowest BCUT2D eigenvalue weighted by atomic mass is 9.76. The summed E-state index contributed by atoms with van der Waals surface area (Å²) in [6.07, 6.45) is -0.485. The van der Waals surface area contributed by atoms with Crippen LogP contribution in [-0.4, -0.2) is 22.5 Å². The number of hydrogen-bond acceptors (Lipinski definition) is 2. The normalized spacial score (nSPS) is 25.0. The smallest absolute Gasteiger partial charge is 0.309 e. The molecule has 2 rings (SSSR count). The molecule has 7 heteroatoms. The molecular weight excluding hydrogens is 347 g/mol. The largest absolute Gasteiger partial charge is 0.391 e. The van der Waals surface area contributed by atoms with Gasteiger partial charge in [0, 0.05) is 7.05 Å². The first kappa shape index (κ1) is 16.8. The van der Waals surface area contributed by atoms with Gasteiger partial charge in [-0.05, 0) is 47.7 Å². The highest BCUT2D eigenvalue weighted by Gasteiger charge is 2.44. The van der Waals surface area contributed by atoms with Gasteiger partial charge < -0.3 is 5.32 Å². The van der Waals surface area contributed by atoms with Crippen LogP contribution in [0.2, 0.25) is 0 Å². The van der Waals surface area contributed by atoms with E-state index in [1.165, 1.54) is 0 Å². The summed E-state index contributed by atoms with van der Waals surface area (Å²) < 4.78 is 41.6. The number of aryl methyl sites for hydroxylation is 1. The zero-order chi connectivity index (χ0) is 15.6. The molecule has 0 radical (unpaired) electrons. The Morgan fingerprint density at radius 2 is 2.19 bits per heavy atom. The highest BCUT2D eigenvalue weighted by molar-refractivity contribution is 9.10. The fraction of sp³-hybridized carbons (Fsp3) is 0.786. The maximum Gasteiger partial charge on any atom is 0.391 e. The number of nitrogens with zero attached hydrogens (tertiary/aromatic N) is 2. The van der Waals surface area contributed by atoms with E-state index in [9.17, 15) is 13.2 Å². The molecule has 0 spiro atoms. The topological polar surface area (TPSA) is 29.9 Å². The van der Waals surface area contributed by atoms with E-state index in [1.54, 1.807) is 10.9 Å². The quantitative estimate of drug-likeness (QED) is 0.863. The van der Waals surface area contributed by atoms with Crippen LogP contribution in [0.1, 0.15) is 44.3 Å². The van der Waals surface area contributed by atoms with Crippen molar-refractivity contribution >= 4 is 15.9 Å². The lowest BCUT2D eigenvalue weighted by Crippen LogP contribution is -2.36. The molecule has 3 unspecified atom stereocenters. The van der Waals surface area contributed by atoms with Crippen molar-refractivity contribution in [2.24, 2.45) is 18.9 Å². The Hall–Kier alpha value is -0.560. The van der Waals surface area contributed by atoms with Crippen molar-refractivity contribution in [3.8, 4) is 0 Å². The standard InChI is InChI=1S/C14H21BrF3N3/c1-3-19-12(13-11(15)8-20-21(13)2)9-5-4-6-10(7-9)14(16,17)18/h8-10,12,19H,3-7H2,1-2H3. The van der Waals surface area contributed by atoms with Crippen molar-refractivity contribution in [1.82, 2.24) is 15.1 Å². The van der Waals surface area contributed by atoms with Crippen LogP contribution in [0.25, 0.3) is 0 Å². The Morgan fingerprint density at radius 1 is 1.48 bits per heavy atom. The van der Waals surface area contributed by atoms with Crippen LogP contribution in [0.15, 0.2) is 10.7 Å². The first-order chi connectivity index (χ1) is 9.84. The molecular formula is C14H21BrF3N3. The van der Waals surface area contributed by atoms with Crippen molar-refractivity contribution in [3.05, 3.63) is 16.4 Å². The average molecular weight is 368 g/mol. The summed E-state index contributed by atoms with van der Waals surface area (Å²) >= 11 is 3.46. The second-order valence-corrected chi connectivity index (χ2v) is 6.56. The summed E-state index contributed by atoms with van der Waals surface area (Å²) in [6.45, 7) is 2.69. The third-order valence-corrected chi connectivity index (χ3v) is 4.92. The highest BCUT2D eigenvalue weighted by Crippen LogP contribution is 2.44. The molecule has 1 aliphatic rings. The van der Waals surface area contributed by atoms with Gasteiger partial charge in [0.15, 0.2) is 0 Å². The van der Waals surface area contributed by atoms with E-state index in [0.29, 0.717) is 6.42 Å². The zero-order valence-corrected chi connectivity index (χ0v) is 13.8. The Kier molecular flexibility index (Phi) is 5.35. The fourth-order valence-corrected chi connectivity index (χ4v) is 3.90. The fourth-order valence-electron chi connectivity index (χ4n) is 3.30. The number of hydrogen-bond donors (Lipinski definition) is 1. The van der Waals surface area contributed by atoms with Gasteiger partial charge in [0.1, 0.15) is 0 Å². The van der Waals surface area contributed by atoms with Crippen LogP contribution < -0.4 is 5.32 Å². The highest BCUT2D eigenvalue weighted by atomic mass is 79.9. The van der Waals surface area contributed by atoms with Crippen molar-refractivity contribution in [2.75, 3.05) is 6.54 Å². The lowest BCUT2D eigenvalue weighted by molar-refractivity contribution is -0.186. The molecule has 3 atom stereocenters. The Bertz CT molecular complexity index is 453. The average Bonchev–Trinajstić information content (AvgIpc) is 2.75. The molecule has 0 aliphatic heterocycles. The molecule has 0 aromatic carbocycles. The summed E-state index contributed by atoms with van der Waals surface area (Å²) in [4.78, 5) is 0. The SMILES string of the molecule is CCNC(c1c(Br)cnn1C)C1CCCC(C(F)(F)F)C1. The summed E-state index contributed by atoms with van der Waals surface area (Å²) in [6, 6.07) is -0.0953. The van der Waals surface area contributed by atoms with E-state index in [4.69, 9.17) is 0 Å². The van der Waals surface area contributed by atoms with E-state index in [2.05, 4.69) is 26.3 Å². The van der Waals surface area contributed by atoms with Crippen LogP contribution in [0, 0.1) is 11.8 Å². The molecule has 1 fully saturated rings.